The minimum atomic E-state index is 0.0390. The van der Waals surface area contributed by atoms with Gasteiger partial charge in [0.2, 0.25) is 5.91 Å². The number of aryl methyl sites for hydroxylation is 2. The summed E-state index contributed by atoms with van der Waals surface area (Å²) >= 11 is 3.13. The molecule has 0 aliphatic carbocycles. The van der Waals surface area contributed by atoms with Gasteiger partial charge in [-0.05, 0) is 48.7 Å². The first-order chi connectivity index (χ1) is 14.1. The van der Waals surface area contributed by atoms with Crippen molar-refractivity contribution in [3.8, 4) is 0 Å². The van der Waals surface area contributed by atoms with E-state index >= 15 is 0 Å². The third-order valence-electron chi connectivity index (χ3n) is 4.63. The number of amides is 1. The number of carbonyl (C=O) groups excluding carboxylic acids is 1. The van der Waals surface area contributed by atoms with Crippen molar-refractivity contribution in [3.05, 3.63) is 83.7 Å². The topological polar surface area (TPSA) is 46.1 Å². The number of anilines is 1. The summed E-state index contributed by atoms with van der Waals surface area (Å²) in [7, 11) is 0. The fraction of sp³-hybridized carbons (Fsp3) is 0.174. The largest absolute Gasteiger partial charge is 0.283 e. The molecule has 0 unspecified atom stereocenters. The number of nitrogens with zero attached hydrogens (tertiary/aromatic N) is 3. The Hall–Kier alpha value is -2.70. The van der Waals surface area contributed by atoms with E-state index in [1.807, 2.05) is 42.5 Å². The van der Waals surface area contributed by atoms with E-state index < -0.39 is 0 Å². The molecule has 4 rings (SSSR count). The highest BCUT2D eigenvalue weighted by Crippen LogP contribution is 2.34. The standard InChI is InChI=1S/C23H21N3OS2/c1-16-10-11-17(2)22-21(16)25-23(29-22)26(14-18-7-6-12-24-13-18)20(27)15-28-19-8-4-3-5-9-19/h3-13H,14-15H2,1-2H3. The highest BCUT2D eigenvalue weighted by molar-refractivity contribution is 8.00. The molecular formula is C23H21N3OS2. The summed E-state index contributed by atoms with van der Waals surface area (Å²) in [6.45, 7) is 4.60. The van der Waals surface area contributed by atoms with Gasteiger partial charge in [0.15, 0.2) is 5.13 Å². The molecule has 2 aromatic carbocycles. The van der Waals surface area contributed by atoms with Crippen LogP contribution in [-0.2, 0) is 11.3 Å². The van der Waals surface area contributed by atoms with Gasteiger partial charge in [-0.2, -0.15) is 0 Å². The summed E-state index contributed by atoms with van der Waals surface area (Å²) < 4.78 is 1.14. The molecule has 1 amide bonds. The zero-order valence-corrected chi connectivity index (χ0v) is 18.0. The van der Waals surface area contributed by atoms with Gasteiger partial charge in [-0.3, -0.25) is 14.7 Å². The summed E-state index contributed by atoms with van der Waals surface area (Å²) in [4.78, 5) is 25.1. The second-order valence-corrected chi connectivity index (χ2v) is 8.84. The molecule has 2 aromatic heterocycles. The number of hydrogen-bond acceptors (Lipinski definition) is 5. The lowest BCUT2D eigenvalue weighted by Crippen LogP contribution is -2.31. The molecule has 0 aliphatic rings. The van der Waals surface area contributed by atoms with Gasteiger partial charge >= 0.3 is 0 Å². The number of thiazole rings is 1. The quantitative estimate of drug-likeness (QED) is 0.380. The van der Waals surface area contributed by atoms with Crippen LogP contribution >= 0.6 is 23.1 Å². The molecule has 0 bridgehead atoms. The smallest absolute Gasteiger partial charge is 0.239 e. The van der Waals surface area contributed by atoms with E-state index in [1.165, 1.54) is 5.56 Å². The van der Waals surface area contributed by atoms with Gasteiger partial charge in [-0.1, -0.05) is 47.7 Å². The molecule has 4 aromatic rings. The predicted octanol–water partition coefficient (Wildman–Crippen LogP) is 5.63. The summed E-state index contributed by atoms with van der Waals surface area (Å²) in [6.07, 6.45) is 3.54. The SMILES string of the molecule is Cc1ccc(C)c2sc(N(Cc3cccnc3)C(=O)CSc3ccccc3)nc12. The van der Waals surface area contributed by atoms with E-state index in [0.29, 0.717) is 12.3 Å². The van der Waals surface area contributed by atoms with Gasteiger partial charge in [0.1, 0.15) is 0 Å². The highest BCUT2D eigenvalue weighted by Gasteiger charge is 2.21. The van der Waals surface area contributed by atoms with E-state index in [9.17, 15) is 4.79 Å². The van der Waals surface area contributed by atoms with Crippen molar-refractivity contribution in [1.82, 2.24) is 9.97 Å². The molecule has 2 heterocycles. The molecule has 6 heteroatoms. The molecule has 0 saturated heterocycles. The van der Waals surface area contributed by atoms with Crippen molar-refractivity contribution in [2.24, 2.45) is 0 Å². The van der Waals surface area contributed by atoms with Crippen molar-refractivity contribution >= 4 is 44.4 Å². The van der Waals surface area contributed by atoms with Crippen molar-refractivity contribution < 1.29 is 4.79 Å². The maximum Gasteiger partial charge on any atom is 0.239 e. The first-order valence-electron chi connectivity index (χ1n) is 9.35. The molecule has 146 valence electrons. The van der Waals surface area contributed by atoms with Crippen LogP contribution in [0.4, 0.5) is 5.13 Å². The number of hydrogen-bond donors (Lipinski definition) is 0. The number of fused-ring (bicyclic) bond motifs is 1. The Bertz CT molecular complexity index is 1090. The fourth-order valence-corrected chi connectivity index (χ4v) is 4.96. The molecular weight excluding hydrogens is 398 g/mol. The third kappa shape index (κ3) is 4.49. The van der Waals surface area contributed by atoms with E-state index in [2.05, 4.69) is 31.0 Å². The zero-order chi connectivity index (χ0) is 20.2. The molecule has 0 radical (unpaired) electrons. The Balaban J connectivity index is 1.65. The number of thioether (sulfide) groups is 1. The Labute approximate surface area is 178 Å². The van der Waals surface area contributed by atoms with E-state index in [4.69, 9.17) is 4.98 Å². The second kappa shape index (κ2) is 8.76. The van der Waals surface area contributed by atoms with E-state index in [1.54, 1.807) is 40.4 Å². The summed E-state index contributed by atoms with van der Waals surface area (Å²) in [5, 5.41) is 0.736. The number of aromatic nitrogens is 2. The first kappa shape index (κ1) is 19.6. The average Bonchev–Trinajstić information content (AvgIpc) is 3.21. The third-order valence-corrected chi connectivity index (χ3v) is 6.84. The van der Waals surface area contributed by atoms with Crippen LogP contribution in [0.2, 0.25) is 0 Å². The fourth-order valence-electron chi connectivity index (χ4n) is 3.04. The molecule has 29 heavy (non-hydrogen) atoms. The molecule has 4 nitrogen and oxygen atoms in total. The Morgan fingerprint density at radius 3 is 2.55 bits per heavy atom. The van der Waals surface area contributed by atoms with Gasteiger partial charge in [-0.25, -0.2) is 4.98 Å². The van der Waals surface area contributed by atoms with Crippen molar-refractivity contribution in [2.75, 3.05) is 10.7 Å². The van der Waals surface area contributed by atoms with Crippen molar-refractivity contribution in [2.45, 2.75) is 25.3 Å². The minimum absolute atomic E-state index is 0.0390. The number of pyridine rings is 1. The van der Waals surface area contributed by atoms with Gasteiger partial charge < -0.3 is 0 Å². The van der Waals surface area contributed by atoms with Crippen molar-refractivity contribution in [3.63, 3.8) is 0 Å². The average molecular weight is 420 g/mol. The monoisotopic (exact) mass is 419 g/mol. The molecule has 0 fully saturated rings. The molecule has 0 aliphatic heterocycles. The van der Waals surface area contributed by atoms with E-state index in [-0.39, 0.29) is 5.91 Å². The number of carbonyl (C=O) groups is 1. The normalized spacial score (nSPS) is 11.0. The Kier molecular flexibility index (Phi) is 5.92. The van der Waals surface area contributed by atoms with Gasteiger partial charge in [0, 0.05) is 17.3 Å². The maximum absolute atomic E-state index is 13.2. The number of rotatable bonds is 6. The van der Waals surface area contributed by atoms with Crippen LogP contribution in [-0.4, -0.2) is 21.6 Å². The van der Waals surface area contributed by atoms with Gasteiger partial charge in [-0.15, -0.1) is 11.8 Å². The van der Waals surface area contributed by atoms with Crippen LogP contribution in [0.5, 0.6) is 0 Å². The van der Waals surface area contributed by atoms with Crippen LogP contribution in [0.1, 0.15) is 16.7 Å². The second-order valence-electron chi connectivity index (χ2n) is 6.82. The molecule has 0 N–H and O–H groups in total. The van der Waals surface area contributed by atoms with Crippen LogP contribution in [0.3, 0.4) is 0 Å². The van der Waals surface area contributed by atoms with Gasteiger partial charge in [0.05, 0.1) is 22.5 Å². The van der Waals surface area contributed by atoms with Crippen LogP contribution < -0.4 is 4.90 Å². The van der Waals surface area contributed by atoms with Crippen molar-refractivity contribution in [1.29, 1.82) is 0 Å². The van der Waals surface area contributed by atoms with E-state index in [0.717, 1.165) is 31.4 Å². The molecule has 0 atom stereocenters. The Morgan fingerprint density at radius 1 is 1.03 bits per heavy atom. The van der Waals surface area contributed by atoms with Crippen LogP contribution in [0.25, 0.3) is 10.2 Å². The zero-order valence-electron chi connectivity index (χ0n) is 16.3. The predicted molar refractivity (Wildman–Crippen MR) is 122 cm³/mol. The van der Waals surface area contributed by atoms with Crippen LogP contribution in [0.15, 0.2) is 71.9 Å². The van der Waals surface area contributed by atoms with Gasteiger partial charge in [0.25, 0.3) is 0 Å². The lowest BCUT2D eigenvalue weighted by molar-refractivity contribution is -0.116. The lowest BCUT2D eigenvalue weighted by atomic mass is 10.1. The molecule has 0 spiro atoms. The molecule has 0 saturated carbocycles. The summed E-state index contributed by atoms with van der Waals surface area (Å²) in [5.41, 5.74) is 4.27. The lowest BCUT2D eigenvalue weighted by Gasteiger charge is -2.19. The highest BCUT2D eigenvalue weighted by atomic mass is 32.2. The first-order valence-corrected chi connectivity index (χ1v) is 11.2. The summed E-state index contributed by atoms with van der Waals surface area (Å²) in [5.74, 6) is 0.398. The summed E-state index contributed by atoms with van der Waals surface area (Å²) in [6, 6.07) is 18.1. The number of benzene rings is 2. The van der Waals surface area contributed by atoms with Crippen LogP contribution in [0, 0.1) is 13.8 Å². The Morgan fingerprint density at radius 2 is 1.83 bits per heavy atom. The maximum atomic E-state index is 13.2. The minimum Gasteiger partial charge on any atom is -0.283 e.